The molecular weight excluding hydrogens is 328 g/mol. The molecule has 2 aromatic carbocycles. The summed E-state index contributed by atoms with van der Waals surface area (Å²) in [5, 5.41) is 0. The van der Waals surface area contributed by atoms with Gasteiger partial charge in [-0.05, 0) is 29.8 Å². The Morgan fingerprint density at radius 2 is 1.65 bits per heavy atom. The summed E-state index contributed by atoms with van der Waals surface area (Å²) >= 11 is 0. The molecule has 5 heteroatoms. The quantitative estimate of drug-likeness (QED) is 0.686. The maximum atomic E-state index is 13.2. The van der Waals surface area contributed by atoms with Gasteiger partial charge >= 0.3 is 5.91 Å². The summed E-state index contributed by atoms with van der Waals surface area (Å²) in [6.45, 7) is 0.453. The summed E-state index contributed by atoms with van der Waals surface area (Å²) in [5.74, 6) is 1.70. The van der Waals surface area contributed by atoms with Gasteiger partial charge in [0.15, 0.2) is 11.5 Å². The minimum atomic E-state index is -0.128. The fraction of sp³-hybridized carbons (Fsp3) is 0.143. The number of benzene rings is 2. The Balaban J connectivity index is 1.97. The van der Waals surface area contributed by atoms with Crippen molar-refractivity contribution in [3.8, 4) is 11.5 Å². The van der Waals surface area contributed by atoms with Gasteiger partial charge in [0.25, 0.3) is 5.82 Å². The Hall–Kier alpha value is -3.34. The summed E-state index contributed by atoms with van der Waals surface area (Å²) in [5.41, 5.74) is 1.56. The first-order valence-corrected chi connectivity index (χ1v) is 8.27. The van der Waals surface area contributed by atoms with Gasteiger partial charge in [-0.25, -0.2) is 9.78 Å². The number of aromatic nitrogens is 1. The minimum Gasteiger partial charge on any atom is -0.493 e. The molecule has 0 fully saturated rings. The lowest BCUT2D eigenvalue weighted by Crippen LogP contribution is -2.34. The van der Waals surface area contributed by atoms with Gasteiger partial charge in [-0.2, -0.15) is 4.90 Å². The van der Waals surface area contributed by atoms with Gasteiger partial charge in [0.05, 0.1) is 26.0 Å². The van der Waals surface area contributed by atoms with Crippen LogP contribution in [0.15, 0.2) is 72.9 Å². The van der Waals surface area contributed by atoms with Crippen LogP contribution in [-0.4, -0.2) is 20.1 Å². The number of anilines is 1. The van der Waals surface area contributed by atoms with Crippen LogP contribution in [0.2, 0.25) is 0 Å². The average molecular weight is 349 g/mol. The first-order chi connectivity index (χ1) is 12.7. The molecular formula is C21H21N2O3+. The van der Waals surface area contributed by atoms with Gasteiger partial charge < -0.3 is 9.47 Å². The zero-order chi connectivity index (χ0) is 18.4. The maximum Gasteiger partial charge on any atom is 0.341 e. The van der Waals surface area contributed by atoms with Crippen molar-refractivity contribution < 1.29 is 19.3 Å². The van der Waals surface area contributed by atoms with E-state index in [1.807, 2.05) is 48.5 Å². The second kappa shape index (κ2) is 8.16. The highest BCUT2D eigenvalue weighted by Gasteiger charge is 2.27. The first-order valence-electron chi connectivity index (χ1n) is 8.27. The number of aromatic amines is 1. The van der Waals surface area contributed by atoms with Crippen molar-refractivity contribution >= 4 is 11.7 Å². The van der Waals surface area contributed by atoms with E-state index in [1.54, 1.807) is 43.5 Å². The van der Waals surface area contributed by atoms with Crippen LogP contribution < -0.4 is 19.4 Å². The van der Waals surface area contributed by atoms with Crippen molar-refractivity contribution in [2.75, 3.05) is 19.1 Å². The molecule has 0 aliphatic rings. The monoisotopic (exact) mass is 349 g/mol. The lowest BCUT2D eigenvalue weighted by molar-refractivity contribution is -0.363. The third-order valence-corrected chi connectivity index (χ3v) is 4.04. The number of methoxy groups -OCH3 is 2. The normalized spacial score (nSPS) is 10.2. The lowest BCUT2D eigenvalue weighted by Gasteiger charge is -2.16. The Bertz CT molecular complexity index is 867. The number of nitrogens with zero attached hydrogens (tertiary/aromatic N) is 1. The Morgan fingerprint density at radius 3 is 2.31 bits per heavy atom. The standard InChI is InChI=1S/C21H20N2O3/c1-25-18-12-11-17(14-19(18)26-2)21(24)23(20-10-6-7-13-22-20)15-16-8-4-3-5-9-16/h3-14H,15H2,1-2H3/p+1. The molecule has 0 radical (unpaired) electrons. The molecule has 132 valence electrons. The largest absolute Gasteiger partial charge is 0.493 e. The smallest absolute Gasteiger partial charge is 0.341 e. The van der Waals surface area contributed by atoms with E-state index in [1.165, 1.54) is 0 Å². The molecule has 0 atom stereocenters. The highest BCUT2D eigenvalue weighted by molar-refractivity contribution is 6.05. The first kappa shape index (κ1) is 17.5. The van der Waals surface area contributed by atoms with Crippen LogP contribution >= 0.6 is 0 Å². The highest BCUT2D eigenvalue weighted by atomic mass is 16.5. The van der Waals surface area contributed by atoms with E-state index < -0.39 is 0 Å². The zero-order valence-corrected chi connectivity index (χ0v) is 14.8. The van der Waals surface area contributed by atoms with Crippen molar-refractivity contribution in [1.29, 1.82) is 0 Å². The van der Waals surface area contributed by atoms with Gasteiger partial charge in [-0.15, -0.1) is 0 Å². The fourth-order valence-electron chi connectivity index (χ4n) is 2.71. The minimum absolute atomic E-state index is 0.128. The van der Waals surface area contributed by atoms with Gasteiger partial charge in [0, 0.05) is 6.07 Å². The Kier molecular flexibility index (Phi) is 5.49. The zero-order valence-electron chi connectivity index (χ0n) is 14.8. The summed E-state index contributed by atoms with van der Waals surface area (Å²) < 4.78 is 10.6. The molecule has 0 saturated carbocycles. The van der Waals surface area contributed by atoms with Crippen molar-refractivity contribution in [3.05, 3.63) is 84.1 Å². The molecule has 0 saturated heterocycles. The number of H-pyrrole nitrogens is 1. The predicted molar refractivity (Wildman–Crippen MR) is 99.5 cm³/mol. The molecule has 26 heavy (non-hydrogen) atoms. The molecule has 1 heterocycles. The van der Waals surface area contributed by atoms with E-state index in [-0.39, 0.29) is 5.91 Å². The number of ether oxygens (including phenoxy) is 2. The molecule has 0 bridgehead atoms. The molecule has 0 aliphatic heterocycles. The number of rotatable bonds is 6. The van der Waals surface area contributed by atoms with Crippen LogP contribution in [-0.2, 0) is 6.54 Å². The van der Waals surface area contributed by atoms with Crippen LogP contribution in [0.1, 0.15) is 15.9 Å². The Labute approximate surface area is 152 Å². The molecule has 5 nitrogen and oxygen atoms in total. The van der Waals surface area contributed by atoms with Gasteiger partial charge in [-0.3, -0.25) is 0 Å². The van der Waals surface area contributed by atoms with Crippen LogP contribution in [0.3, 0.4) is 0 Å². The number of carbonyl (C=O) groups is 1. The summed E-state index contributed by atoms with van der Waals surface area (Å²) in [6, 6.07) is 20.7. The molecule has 0 unspecified atom stereocenters. The molecule has 3 aromatic rings. The van der Waals surface area contributed by atoms with Crippen LogP contribution in [0.4, 0.5) is 5.82 Å². The SMILES string of the molecule is COc1ccc(C(=O)N(Cc2ccccc2)c2cccc[nH+]2)cc1OC. The van der Waals surface area contributed by atoms with Crippen molar-refractivity contribution in [1.82, 2.24) is 0 Å². The number of amides is 1. The maximum absolute atomic E-state index is 13.2. The molecule has 0 spiro atoms. The van der Waals surface area contributed by atoms with Crippen molar-refractivity contribution in [2.24, 2.45) is 0 Å². The third-order valence-electron chi connectivity index (χ3n) is 4.04. The fourth-order valence-corrected chi connectivity index (χ4v) is 2.71. The van der Waals surface area contributed by atoms with E-state index in [0.717, 1.165) is 11.4 Å². The van der Waals surface area contributed by atoms with Crippen LogP contribution in [0, 0.1) is 0 Å². The van der Waals surface area contributed by atoms with E-state index in [0.29, 0.717) is 23.6 Å². The van der Waals surface area contributed by atoms with Crippen LogP contribution in [0.5, 0.6) is 11.5 Å². The second-order valence-electron chi connectivity index (χ2n) is 5.69. The number of hydrogen-bond donors (Lipinski definition) is 0. The molecule has 0 aliphatic carbocycles. The van der Waals surface area contributed by atoms with Crippen LogP contribution in [0.25, 0.3) is 0 Å². The summed E-state index contributed by atoms with van der Waals surface area (Å²) in [4.78, 5) is 18.1. The van der Waals surface area contributed by atoms with E-state index in [4.69, 9.17) is 9.47 Å². The van der Waals surface area contributed by atoms with Gasteiger partial charge in [0.1, 0.15) is 6.54 Å². The van der Waals surface area contributed by atoms with Gasteiger partial charge in [0.2, 0.25) is 0 Å². The van der Waals surface area contributed by atoms with E-state index in [2.05, 4.69) is 4.98 Å². The van der Waals surface area contributed by atoms with Gasteiger partial charge in [-0.1, -0.05) is 36.4 Å². The Morgan fingerprint density at radius 1 is 0.923 bits per heavy atom. The second-order valence-corrected chi connectivity index (χ2v) is 5.69. The topological polar surface area (TPSA) is 52.9 Å². The van der Waals surface area contributed by atoms with E-state index >= 15 is 0 Å². The molecule has 1 N–H and O–H groups in total. The summed E-state index contributed by atoms with van der Waals surface area (Å²) in [7, 11) is 3.12. The molecule has 1 aromatic heterocycles. The molecule has 3 rings (SSSR count). The number of hydrogen-bond acceptors (Lipinski definition) is 3. The van der Waals surface area contributed by atoms with Crippen molar-refractivity contribution in [2.45, 2.75) is 6.54 Å². The number of nitrogens with one attached hydrogen (secondary N) is 1. The summed E-state index contributed by atoms with van der Waals surface area (Å²) in [6.07, 6.45) is 1.80. The predicted octanol–water partition coefficient (Wildman–Crippen LogP) is 3.36. The number of pyridine rings is 1. The number of carbonyl (C=O) groups excluding carboxylic acids is 1. The molecule has 1 amide bonds. The highest BCUT2D eigenvalue weighted by Crippen LogP contribution is 2.28. The average Bonchev–Trinajstić information content (AvgIpc) is 2.72. The third kappa shape index (κ3) is 3.83. The van der Waals surface area contributed by atoms with E-state index in [9.17, 15) is 4.79 Å². The van der Waals surface area contributed by atoms with Crippen molar-refractivity contribution in [3.63, 3.8) is 0 Å². The lowest BCUT2D eigenvalue weighted by atomic mass is 10.1.